The SMILES string of the molecule is Fc1ccc(-c2noc(C3CSCCN3)n2)cc1Br. The minimum atomic E-state index is -0.308. The van der Waals surface area contributed by atoms with Gasteiger partial charge >= 0.3 is 0 Å². The van der Waals surface area contributed by atoms with Crippen molar-refractivity contribution in [3.63, 3.8) is 0 Å². The van der Waals surface area contributed by atoms with Gasteiger partial charge in [-0.15, -0.1) is 0 Å². The molecule has 1 aromatic carbocycles. The van der Waals surface area contributed by atoms with E-state index in [1.165, 1.54) is 6.07 Å². The van der Waals surface area contributed by atoms with Crippen LogP contribution in [0.4, 0.5) is 4.39 Å². The summed E-state index contributed by atoms with van der Waals surface area (Å²) in [7, 11) is 0. The summed E-state index contributed by atoms with van der Waals surface area (Å²) in [6, 6.07) is 4.76. The maximum absolute atomic E-state index is 13.2. The highest BCUT2D eigenvalue weighted by molar-refractivity contribution is 9.10. The van der Waals surface area contributed by atoms with Gasteiger partial charge in [0.1, 0.15) is 5.82 Å². The number of aromatic nitrogens is 2. The molecule has 1 N–H and O–H groups in total. The van der Waals surface area contributed by atoms with Crippen LogP contribution < -0.4 is 5.32 Å². The minimum Gasteiger partial charge on any atom is -0.337 e. The van der Waals surface area contributed by atoms with Crippen LogP contribution in [0.1, 0.15) is 11.9 Å². The molecule has 0 radical (unpaired) electrons. The fourth-order valence-corrected chi connectivity index (χ4v) is 3.16. The van der Waals surface area contributed by atoms with Crippen molar-refractivity contribution in [2.24, 2.45) is 0 Å². The van der Waals surface area contributed by atoms with E-state index in [9.17, 15) is 4.39 Å². The molecule has 1 atom stereocenters. The molecule has 0 spiro atoms. The number of thioether (sulfide) groups is 1. The van der Waals surface area contributed by atoms with E-state index >= 15 is 0 Å². The van der Waals surface area contributed by atoms with Crippen LogP contribution in [0.5, 0.6) is 0 Å². The van der Waals surface area contributed by atoms with Crippen LogP contribution in [0.15, 0.2) is 27.2 Å². The van der Waals surface area contributed by atoms with Gasteiger partial charge in [0, 0.05) is 23.6 Å². The predicted octanol–water partition coefficient (Wildman–Crippen LogP) is 3.02. The zero-order valence-electron chi connectivity index (χ0n) is 9.90. The molecule has 4 nitrogen and oxygen atoms in total. The summed E-state index contributed by atoms with van der Waals surface area (Å²) in [6.07, 6.45) is 0. The molecule has 1 saturated heterocycles. The third-order valence-electron chi connectivity index (χ3n) is 2.84. The maximum atomic E-state index is 13.2. The average molecular weight is 344 g/mol. The molecule has 1 aliphatic rings. The molecule has 7 heteroatoms. The quantitative estimate of drug-likeness (QED) is 0.908. The van der Waals surface area contributed by atoms with E-state index < -0.39 is 0 Å². The van der Waals surface area contributed by atoms with Crippen molar-refractivity contribution in [1.29, 1.82) is 0 Å². The largest absolute Gasteiger partial charge is 0.337 e. The highest BCUT2D eigenvalue weighted by Crippen LogP contribution is 2.26. The molecule has 0 saturated carbocycles. The Kier molecular flexibility index (Phi) is 3.86. The van der Waals surface area contributed by atoms with Crippen LogP contribution in [-0.4, -0.2) is 28.2 Å². The van der Waals surface area contributed by atoms with Crippen molar-refractivity contribution in [3.8, 4) is 11.4 Å². The van der Waals surface area contributed by atoms with Gasteiger partial charge in [-0.25, -0.2) is 4.39 Å². The van der Waals surface area contributed by atoms with Crippen molar-refractivity contribution in [2.75, 3.05) is 18.1 Å². The molecule has 3 rings (SSSR count). The zero-order valence-corrected chi connectivity index (χ0v) is 12.3. The Morgan fingerprint density at radius 3 is 3.11 bits per heavy atom. The summed E-state index contributed by atoms with van der Waals surface area (Å²) in [4.78, 5) is 4.38. The molecule has 1 aromatic heterocycles. The van der Waals surface area contributed by atoms with E-state index in [0.717, 1.165) is 23.6 Å². The van der Waals surface area contributed by atoms with Crippen molar-refractivity contribution in [3.05, 3.63) is 34.4 Å². The van der Waals surface area contributed by atoms with E-state index in [1.54, 1.807) is 12.1 Å². The molecule has 1 fully saturated rings. The Balaban J connectivity index is 1.85. The molecule has 1 aliphatic heterocycles. The first kappa shape index (κ1) is 13.1. The lowest BCUT2D eigenvalue weighted by molar-refractivity contribution is 0.342. The predicted molar refractivity (Wildman–Crippen MR) is 75.5 cm³/mol. The first-order chi connectivity index (χ1) is 9.24. The standard InChI is InChI=1S/C12H11BrFN3OS/c13-8-5-7(1-2-9(8)14)11-16-12(18-17-11)10-6-19-4-3-15-10/h1-2,5,10,15H,3-4,6H2. The van der Waals surface area contributed by atoms with Crippen molar-refractivity contribution >= 4 is 27.7 Å². The number of rotatable bonds is 2. The first-order valence-electron chi connectivity index (χ1n) is 5.84. The van der Waals surface area contributed by atoms with Gasteiger partial charge in [-0.05, 0) is 34.1 Å². The molecule has 0 bridgehead atoms. The Hall–Kier alpha value is -0.920. The highest BCUT2D eigenvalue weighted by Gasteiger charge is 2.21. The van der Waals surface area contributed by atoms with Crippen molar-refractivity contribution in [1.82, 2.24) is 15.5 Å². The van der Waals surface area contributed by atoms with Crippen LogP contribution in [0.3, 0.4) is 0 Å². The maximum Gasteiger partial charge on any atom is 0.244 e. The Labute approximate surface area is 122 Å². The van der Waals surface area contributed by atoms with Gasteiger partial charge in [-0.2, -0.15) is 16.7 Å². The van der Waals surface area contributed by atoms with E-state index in [0.29, 0.717) is 16.2 Å². The molecular weight excluding hydrogens is 333 g/mol. The second-order valence-electron chi connectivity index (χ2n) is 4.17. The van der Waals surface area contributed by atoms with Gasteiger partial charge in [-0.1, -0.05) is 5.16 Å². The number of nitrogens with one attached hydrogen (secondary N) is 1. The van der Waals surface area contributed by atoms with E-state index in [1.807, 2.05) is 11.8 Å². The second kappa shape index (κ2) is 5.60. The Morgan fingerprint density at radius 1 is 1.47 bits per heavy atom. The lowest BCUT2D eigenvalue weighted by Gasteiger charge is -2.19. The van der Waals surface area contributed by atoms with E-state index in [2.05, 4.69) is 31.4 Å². The van der Waals surface area contributed by atoms with Crippen LogP contribution in [0, 0.1) is 5.82 Å². The number of halogens is 2. The third kappa shape index (κ3) is 2.82. The van der Waals surface area contributed by atoms with Gasteiger partial charge in [0.25, 0.3) is 0 Å². The van der Waals surface area contributed by atoms with Gasteiger partial charge in [0.05, 0.1) is 10.5 Å². The molecule has 0 aliphatic carbocycles. The fraction of sp³-hybridized carbons (Fsp3) is 0.333. The van der Waals surface area contributed by atoms with Crippen LogP contribution in [-0.2, 0) is 0 Å². The van der Waals surface area contributed by atoms with Gasteiger partial charge in [0.2, 0.25) is 11.7 Å². The summed E-state index contributed by atoms with van der Waals surface area (Å²) in [5.74, 6) is 2.78. The molecule has 0 amide bonds. The van der Waals surface area contributed by atoms with Gasteiger partial charge < -0.3 is 9.84 Å². The van der Waals surface area contributed by atoms with Crippen LogP contribution in [0.2, 0.25) is 0 Å². The van der Waals surface area contributed by atoms with Crippen molar-refractivity contribution in [2.45, 2.75) is 6.04 Å². The van der Waals surface area contributed by atoms with Gasteiger partial charge in [-0.3, -0.25) is 0 Å². The molecule has 100 valence electrons. The molecule has 19 heavy (non-hydrogen) atoms. The minimum absolute atomic E-state index is 0.101. The number of hydrogen-bond donors (Lipinski definition) is 1. The topological polar surface area (TPSA) is 51.0 Å². The summed E-state index contributed by atoms with van der Waals surface area (Å²) in [5, 5.41) is 7.29. The number of benzene rings is 1. The lowest BCUT2D eigenvalue weighted by Crippen LogP contribution is -2.30. The van der Waals surface area contributed by atoms with Crippen LogP contribution >= 0.6 is 27.7 Å². The number of nitrogens with zero attached hydrogens (tertiary/aromatic N) is 2. The monoisotopic (exact) mass is 343 g/mol. The normalized spacial score (nSPS) is 19.6. The lowest BCUT2D eigenvalue weighted by atomic mass is 10.2. The summed E-state index contributed by atoms with van der Waals surface area (Å²) in [6.45, 7) is 0.940. The number of hydrogen-bond acceptors (Lipinski definition) is 5. The van der Waals surface area contributed by atoms with E-state index in [4.69, 9.17) is 4.52 Å². The molecule has 2 heterocycles. The summed E-state index contributed by atoms with van der Waals surface area (Å²) < 4.78 is 18.9. The molecular formula is C12H11BrFN3OS. The van der Waals surface area contributed by atoms with Gasteiger partial charge in [0.15, 0.2) is 0 Å². The molecule has 2 aromatic rings. The smallest absolute Gasteiger partial charge is 0.244 e. The summed E-state index contributed by atoms with van der Waals surface area (Å²) >= 11 is 5.01. The Bertz CT molecular complexity index is 586. The zero-order chi connectivity index (χ0) is 13.2. The highest BCUT2D eigenvalue weighted by atomic mass is 79.9. The van der Waals surface area contributed by atoms with Crippen molar-refractivity contribution < 1.29 is 8.91 Å². The Morgan fingerprint density at radius 2 is 2.37 bits per heavy atom. The first-order valence-corrected chi connectivity index (χ1v) is 7.79. The fourth-order valence-electron chi connectivity index (χ4n) is 1.85. The second-order valence-corrected chi connectivity index (χ2v) is 6.17. The molecule has 1 unspecified atom stereocenters. The third-order valence-corrected chi connectivity index (χ3v) is 4.51. The average Bonchev–Trinajstić information content (AvgIpc) is 2.93. The van der Waals surface area contributed by atoms with E-state index in [-0.39, 0.29) is 11.9 Å². The van der Waals surface area contributed by atoms with Crippen LogP contribution in [0.25, 0.3) is 11.4 Å². The summed E-state index contributed by atoms with van der Waals surface area (Å²) in [5.41, 5.74) is 0.728.